The number of para-hydroxylation sites is 1. The number of sulfonamides is 1. The van der Waals surface area contributed by atoms with Crippen LogP contribution in [0.15, 0.2) is 58.3 Å². The van der Waals surface area contributed by atoms with E-state index in [0.29, 0.717) is 16.3 Å². The number of hydrogen-bond acceptors (Lipinski definition) is 3. The summed E-state index contributed by atoms with van der Waals surface area (Å²) < 4.78 is 39.1. The Balaban J connectivity index is 2.13. The first-order chi connectivity index (χ1) is 10.00. The van der Waals surface area contributed by atoms with Crippen LogP contribution < -0.4 is 4.31 Å². The van der Waals surface area contributed by atoms with Crippen LogP contribution in [0, 0.1) is 6.92 Å². The van der Waals surface area contributed by atoms with Crippen LogP contribution in [0.2, 0.25) is 0 Å². The summed E-state index contributed by atoms with van der Waals surface area (Å²) in [7, 11) is -4.76. The minimum absolute atomic E-state index is 0.236. The van der Waals surface area contributed by atoms with Crippen molar-refractivity contribution in [3.05, 3.63) is 54.1 Å². The maximum atomic E-state index is 12.8. The Morgan fingerprint density at radius 2 is 1.86 bits per heavy atom. The van der Waals surface area contributed by atoms with Gasteiger partial charge >= 0.3 is 0 Å². The van der Waals surface area contributed by atoms with Crippen molar-refractivity contribution in [3.8, 4) is 0 Å². The standard InChI is InChI=1S/C15H15NO3S2/c1-12-5-4-6-13(11-12)21(18,19)16-9-10-20(17)15-8-3-2-7-14(15)16/h2-8,11H,9-10H2,1H3. The van der Waals surface area contributed by atoms with E-state index in [1.165, 1.54) is 4.31 Å². The molecule has 0 radical (unpaired) electrons. The third-order valence-electron chi connectivity index (χ3n) is 3.44. The molecule has 2 aromatic rings. The molecular weight excluding hydrogens is 306 g/mol. The second-order valence-electron chi connectivity index (χ2n) is 4.91. The maximum Gasteiger partial charge on any atom is 0.264 e. The van der Waals surface area contributed by atoms with Crippen LogP contribution >= 0.6 is 0 Å². The lowest BCUT2D eigenvalue weighted by molar-refractivity contribution is 0.591. The maximum absolute atomic E-state index is 12.8. The van der Waals surface area contributed by atoms with Gasteiger partial charge in [-0.3, -0.25) is 8.51 Å². The quantitative estimate of drug-likeness (QED) is 0.853. The number of fused-ring (bicyclic) bond motifs is 1. The third-order valence-corrected chi connectivity index (χ3v) is 6.63. The summed E-state index contributed by atoms with van der Waals surface area (Å²) in [5, 5.41) is 0. The van der Waals surface area contributed by atoms with Gasteiger partial charge in [0.2, 0.25) is 0 Å². The molecule has 0 N–H and O–H groups in total. The van der Waals surface area contributed by atoms with E-state index in [2.05, 4.69) is 0 Å². The van der Waals surface area contributed by atoms with Gasteiger partial charge in [0.15, 0.2) is 0 Å². The molecule has 4 nitrogen and oxygen atoms in total. The molecule has 0 bridgehead atoms. The SMILES string of the molecule is Cc1cccc(S(=O)(=O)N2CCS(=O)c3ccccc32)c1. The molecule has 1 aliphatic heterocycles. The van der Waals surface area contributed by atoms with Gasteiger partial charge in [0.1, 0.15) is 0 Å². The molecule has 0 saturated heterocycles. The average molecular weight is 321 g/mol. The van der Waals surface area contributed by atoms with Gasteiger partial charge in [-0.1, -0.05) is 24.3 Å². The van der Waals surface area contributed by atoms with Gasteiger partial charge in [-0.05, 0) is 36.8 Å². The molecule has 0 aliphatic carbocycles. The topological polar surface area (TPSA) is 54.5 Å². The lowest BCUT2D eigenvalue weighted by Crippen LogP contribution is -2.38. The molecule has 21 heavy (non-hydrogen) atoms. The Labute approximate surface area is 126 Å². The van der Waals surface area contributed by atoms with Gasteiger partial charge in [0.05, 0.1) is 26.3 Å². The fourth-order valence-corrected chi connectivity index (χ4v) is 5.38. The predicted octanol–water partition coefficient (Wildman–Crippen LogP) is 2.31. The first kappa shape index (κ1) is 14.3. The van der Waals surface area contributed by atoms with Crippen LogP contribution in [-0.4, -0.2) is 24.9 Å². The normalized spacial score (nSPS) is 18.3. The van der Waals surface area contributed by atoms with Crippen molar-refractivity contribution >= 4 is 26.5 Å². The van der Waals surface area contributed by atoms with Crippen molar-refractivity contribution in [1.82, 2.24) is 0 Å². The summed E-state index contributed by atoms with van der Waals surface area (Å²) in [4.78, 5) is 0.852. The van der Waals surface area contributed by atoms with E-state index in [9.17, 15) is 12.6 Å². The minimum Gasteiger partial charge on any atom is -0.264 e. The molecule has 2 aromatic carbocycles. The molecule has 1 heterocycles. The fourth-order valence-electron chi connectivity index (χ4n) is 2.40. The van der Waals surface area contributed by atoms with Crippen molar-refractivity contribution in [2.45, 2.75) is 16.7 Å². The molecular formula is C15H15NO3S2. The third kappa shape index (κ3) is 2.49. The largest absolute Gasteiger partial charge is 0.264 e. The van der Waals surface area contributed by atoms with Crippen molar-refractivity contribution in [1.29, 1.82) is 0 Å². The van der Waals surface area contributed by atoms with Crippen LogP contribution in [0.1, 0.15) is 5.56 Å². The van der Waals surface area contributed by atoms with Crippen molar-refractivity contribution in [2.24, 2.45) is 0 Å². The number of hydrogen-bond donors (Lipinski definition) is 0. The van der Waals surface area contributed by atoms with Crippen LogP contribution in [0.3, 0.4) is 0 Å². The van der Waals surface area contributed by atoms with Crippen LogP contribution in [0.4, 0.5) is 5.69 Å². The Hall–Kier alpha value is -1.66. The molecule has 0 aromatic heterocycles. The molecule has 0 spiro atoms. The molecule has 6 heteroatoms. The smallest absolute Gasteiger partial charge is 0.264 e. The van der Waals surface area contributed by atoms with Crippen molar-refractivity contribution in [2.75, 3.05) is 16.6 Å². The second-order valence-corrected chi connectivity index (χ2v) is 8.31. The molecule has 0 fully saturated rings. The summed E-state index contributed by atoms with van der Waals surface area (Å²) in [5.41, 5.74) is 1.41. The van der Waals surface area contributed by atoms with Crippen LogP contribution in [0.5, 0.6) is 0 Å². The highest BCUT2D eigenvalue weighted by Crippen LogP contribution is 2.32. The lowest BCUT2D eigenvalue weighted by Gasteiger charge is -2.29. The predicted molar refractivity (Wildman–Crippen MR) is 83.4 cm³/mol. The number of rotatable bonds is 2. The van der Waals surface area contributed by atoms with E-state index in [4.69, 9.17) is 0 Å². The highest BCUT2D eigenvalue weighted by atomic mass is 32.2. The monoisotopic (exact) mass is 321 g/mol. The summed E-state index contributed by atoms with van der Waals surface area (Å²) in [6.45, 7) is 2.10. The Morgan fingerprint density at radius 1 is 1.10 bits per heavy atom. The number of benzene rings is 2. The lowest BCUT2D eigenvalue weighted by atomic mass is 10.2. The van der Waals surface area contributed by atoms with E-state index in [0.717, 1.165) is 5.56 Å². The second kappa shape index (κ2) is 5.27. The van der Waals surface area contributed by atoms with Gasteiger partial charge in [-0.25, -0.2) is 8.42 Å². The van der Waals surface area contributed by atoms with E-state index >= 15 is 0 Å². The Bertz CT molecular complexity index is 815. The minimum atomic E-state index is -3.62. The van der Waals surface area contributed by atoms with E-state index in [1.807, 2.05) is 13.0 Å². The summed E-state index contributed by atoms with van der Waals surface area (Å²) >= 11 is 0. The van der Waals surface area contributed by atoms with E-state index < -0.39 is 20.8 Å². The molecule has 3 rings (SSSR count). The first-order valence-corrected chi connectivity index (χ1v) is 9.33. The molecule has 1 unspecified atom stereocenters. The zero-order chi connectivity index (χ0) is 15.0. The van der Waals surface area contributed by atoms with E-state index in [-0.39, 0.29) is 11.4 Å². The van der Waals surface area contributed by atoms with Gasteiger partial charge in [-0.15, -0.1) is 0 Å². The van der Waals surface area contributed by atoms with Gasteiger partial charge in [0, 0.05) is 12.3 Å². The van der Waals surface area contributed by atoms with Crippen LogP contribution in [0.25, 0.3) is 0 Å². The highest BCUT2D eigenvalue weighted by Gasteiger charge is 2.31. The van der Waals surface area contributed by atoms with Crippen LogP contribution in [-0.2, 0) is 20.8 Å². The average Bonchev–Trinajstić information content (AvgIpc) is 2.47. The molecule has 0 amide bonds. The van der Waals surface area contributed by atoms with Gasteiger partial charge in [0.25, 0.3) is 10.0 Å². The first-order valence-electron chi connectivity index (χ1n) is 6.57. The number of nitrogens with zero attached hydrogens (tertiary/aromatic N) is 1. The van der Waals surface area contributed by atoms with Crippen molar-refractivity contribution < 1.29 is 12.6 Å². The van der Waals surface area contributed by atoms with E-state index in [1.54, 1.807) is 42.5 Å². The summed E-state index contributed by atoms with van der Waals surface area (Å²) in [6, 6.07) is 13.8. The zero-order valence-electron chi connectivity index (χ0n) is 11.5. The number of anilines is 1. The highest BCUT2D eigenvalue weighted by molar-refractivity contribution is 7.93. The summed E-state index contributed by atoms with van der Waals surface area (Å²) in [5.74, 6) is 0.321. The van der Waals surface area contributed by atoms with Gasteiger partial charge in [-0.2, -0.15) is 0 Å². The summed E-state index contributed by atoms with van der Waals surface area (Å²) in [6.07, 6.45) is 0. The number of aryl methyl sites for hydroxylation is 1. The zero-order valence-corrected chi connectivity index (χ0v) is 13.2. The Morgan fingerprint density at radius 3 is 2.62 bits per heavy atom. The fraction of sp³-hybridized carbons (Fsp3) is 0.200. The molecule has 1 aliphatic rings. The van der Waals surface area contributed by atoms with Gasteiger partial charge < -0.3 is 0 Å². The molecule has 0 saturated carbocycles. The Kier molecular flexibility index (Phi) is 3.59. The molecule has 1 atom stereocenters. The van der Waals surface area contributed by atoms with Crippen molar-refractivity contribution in [3.63, 3.8) is 0 Å². The molecule has 110 valence electrons.